The van der Waals surface area contributed by atoms with Gasteiger partial charge in [0.25, 0.3) is 0 Å². The predicted octanol–water partition coefficient (Wildman–Crippen LogP) is 3.97. The molecule has 0 radical (unpaired) electrons. The van der Waals surface area contributed by atoms with Crippen LogP contribution in [0, 0.1) is 5.92 Å². The maximum Gasteiger partial charge on any atom is 0.318 e. The highest BCUT2D eigenvalue weighted by Gasteiger charge is 2.27. The number of methoxy groups -OCH3 is 1. The van der Waals surface area contributed by atoms with Gasteiger partial charge in [-0.05, 0) is 69.2 Å². The van der Waals surface area contributed by atoms with Crippen molar-refractivity contribution >= 4 is 11.9 Å². The molecule has 160 valence electrons. The van der Waals surface area contributed by atoms with Crippen LogP contribution in [0.5, 0.6) is 5.75 Å². The van der Waals surface area contributed by atoms with Crippen molar-refractivity contribution in [3.63, 3.8) is 0 Å². The monoisotopic (exact) mass is 410 g/mol. The predicted molar refractivity (Wildman–Crippen MR) is 115 cm³/mol. The number of rotatable bonds is 7. The molecule has 30 heavy (non-hydrogen) atoms. The highest BCUT2D eigenvalue weighted by Crippen LogP contribution is 2.27. The number of benzene rings is 1. The van der Waals surface area contributed by atoms with Crippen LogP contribution in [0.15, 0.2) is 40.3 Å². The molecule has 1 fully saturated rings. The first-order valence-electron chi connectivity index (χ1n) is 10.9. The maximum absolute atomic E-state index is 12.5. The molecule has 2 aliphatic rings. The highest BCUT2D eigenvalue weighted by atomic mass is 16.5. The van der Waals surface area contributed by atoms with Crippen molar-refractivity contribution < 1.29 is 13.9 Å². The molecule has 0 unspecified atom stereocenters. The van der Waals surface area contributed by atoms with Crippen LogP contribution in [0.4, 0.5) is 6.01 Å². The highest BCUT2D eigenvalue weighted by molar-refractivity contribution is 5.78. The number of hydrogen-bond acceptors (Lipinski definition) is 6. The lowest BCUT2D eigenvalue weighted by Crippen LogP contribution is -2.41. The molecule has 1 amide bonds. The summed E-state index contributed by atoms with van der Waals surface area (Å²) in [6, 6.07) is 8.05. The third kappa shape index (κ3) is 5.01. The largest absolute Gasteiger partial charge is 0.497 e. The molecule has 0 spiro atoms. The molecular weight excluding hydrogens is 380 g/mol. The quantitative estimate of drug-likeness (QED) is 0.696. The van der Waals surface area contributed by atoms with Gasteiger partial charge in [0, 0.05) is 31.1 Å². The van der Waals surface area contributed by atoms with Gasteiger partial charge in [-0.1, -0.05) is 16.7 Å². The van der Waals surface area contributed by atoms with Crippen LogP contribution in [-0.4, -0.2) is 42.8 Å². The Morgan fingerprint density at radius 3 is 2.70 bits per heavy atom. The van der Waals surface area contributed by atoms with E-state index < -0.39 is 0 Å². The number of carbonyl (C=O) groups excluding carboxylic acids is 1. The number of anilines is 1. The van der Waals surface area contributed by atoms with Gasteiger partial charge in [-0.2, -0.15) is 0 Å². The van der Waals surface area contributed by atoms with E-state index in [2.05, 4.69) is 26.5 Å². The van der Waals surface area contributed by atoms with Crippen molar-refractivity contribution in [2.24, 2.45) is 5.92 Å². The minimum Gasteiger partial charge on any atom is -0.497 e. The molecule has 1 aliphatic heterocycles. The molecule has 7 heteroatoms. The fourth-order valence-corrected chi connectivity index (χ4v) is 4.15. The second kappa shape index (κ2) is 9.78. The topological polar surface area (TPSA) is 80.5 Å². The first kappa shape index (κ1) is 20.4. The molecular formula is C23H30N4O3. The third-order valence-electron chi connectivity index (χ3n) is 6.02. The smallest absolute Gasteiger partial charge is 0.318 e. The summed E-state index contributed by atoms with van der Waals surface area (Å²) < 4.78 is 11.0. The molecule has 2 heterocycles. The molecule has 4 rings (SSSR count). The number of ether oxygens (including phenoxy) is 1. The fourth-order valence-electron chi connectivity index (χ4n) is 4.15. The summed E-state index contributed by atoms with van der Waals surface area (Å²) in [4.78, 5) is 14.6. The van der Waals surface area contributed by atoms with E-state index in [-0.39, 0.29) is 11.8 Å². The van der Waals surface area contributed by atoms with Crippen molar-refractivity contribution in [1.29, 1.82) is 0 Å². The van der Waals surface area contributed by atoms with Gasteiger partial charge in [-0.25, -0.2) is 0 Å². The van der Waals surface area contributed by atoms with Crippen LogP contribution < -0.4 is 15.0 Å². The van der Waals surface area contributed by atoms with Crippen LogP contribution in [0.2, 0.25) is 0 Å². The van der Waals surface area contributed by atoms with Crippen molar-refractivity contribution in [3.8, 4) is 17.2 Å². The average molecular weight is 411 g/mol. The van der Waals surface area contributed by atoms with Gasteiger partial charge >= 0.3 is 6.01 Å². The van der Waals surface area contributed by atoms with Crippen molar-refractivity contribution in [3.05, 3.63) is 35.9 Å². The van der Waals surface area contributed by atoms with E-state index in [9.17, 15) is 4.79 Å². The van der Waals surface area contributed by atoms with E-state index in [4.69, 9.17) is 9.15 Å². The number of nitrogens with one attached hydrogen (secondary N) is 1. The minimum atomic E-state index is 0.0607. The van der Waals surface area contributed by atoms with E-state index in [1.807, 2.05) is 24.3 Å². The van der Waals surface area contributed by atoms with E-state index in [1.54, 1.807) is 7.11 Å². The van der Waals surface area contributed by atoms with E-state index in [0.29, 0.717) is 11.9 Å². The Balaban J connectivity index is 1.24. The number of allylic oxidation sites excluding steroid dienone is 1. The molecule has 1 aromatic carbocycles. The Bertz CT molecular complexity index is 867. The summed E-state index contributed by atoms with van der Waals surface area (Å²) in [6.45, 7) is 2.24. The standard InChI is InChI=1S/C23H30N4O3/c1-29-20-9-7-19(8-10-20)22-25-26-23(30-22)27-15-12-18(13-16-27)21(28)24-14-11-17-5-3-2-4-6-17/h5,7-10,18H,2-4,6,11-16H2,1H3,(H,24,28). The molecule has 0 atom stereocenters. The normalized spacial score (nSPS) is 17.5. The van der Waals surface area contributed by atoms with Gasteiger partial charge in [0.2, 0.25) is 11.8 Å². The second-order valence-corrected chi connectivity index (χ2v) is 8.03. The number of piperidine rings is 1. The van der Waals surface area contributed by atoms with Crippen LogP contribution >= 0.6 is 0 Å². The van der Waals surface area contributed by atoms with Gasteiger partial charge in [0.15, 0.2) is 0 Å². The Hall–Kier alpha value is -2.83. The molecule has 1 saturated heterocycles. The number of aromatic nitrogens is 2. The van der Waals surface area contributed by atoms with Gasteiger partial charge in [0.05, 0.1) is 7.11 Å². The molecule has 2 aromatic rings. The lowest BCUT2D eigenvalue weighted by molar-refractivity contribution is -0.125. The summed E-state index contributed by atoms with van der Waals surface area (Å²) in [7, 11) is 1.64. The van der Waals surface area contributed by atoms with Gasteiger partial charge in [-0.15, -0.1) is 5.10 Å². The Kier molecular flexibility index (Phi) is 6.67. The molecule has 1 N–H and O–H groups in total. The number of amides is 1. The zero-order valence-corrected chi connectivity index (χ0v) is 17.6. The summed E-state index contributed by atoms with van der Waals surface area (Å²) in [6.07, 6.45) is 9.90. The summed E-state index contributed by atoms with van der Waals surface area (Å²) in [5.41, 5.74) is 2.36. The van der Waals surface area contributed by atoms with Crippen LogP contribution in [0.3, 0.4) is 0 Å². The van der Waals surface area contributed by atoms with E-state index in [0.717, 1.165) is 50.2 Å². The Morgan fingerprint density at radius 1 is 1.20 bits per heavy atom. The second-order valence-electron chi connectivity index (χ2n) is 8.03. The number of nitrogens with zero attached hydrogens (tertiary/aromatic N) is 3. The molecule has 7 nitrogen and oxygen atoms in total. The first-order valence-corrected chi connectivity index (χ1v) is 10.9. The summed E-state index contributed by atoms with van der Waals surface area (Å²) >= 11 is 0. The maximum atomic E-state index is 12.5. The summed E-state index contributed by atoms with van der Waals surface area (Å²) in [5, 5.41) is 11.5. The number of carbonyl (C=O) groups is 1. The van der Waals surface area contributed by atoms with Gasteiger partial charge in [0.1, 0.15) is 5.75 Å². The van der Waals surface area contributed by atoms with E-state index in [1.165, 1.54) is 31.3 Å². The molecule has 0 saturated carbocycles. The lowest BCUT2D eigenvalue weighted by atomic mass is 9.95. The van der Waals surface area contributed by atoms with Crippen LogP contribution in [0.1, 0.15) is 44.9 Å². The Labute approximate surface area is 177 Å². The first-order chi connectivity index (χ1) is 14.7. The van der Waals surface area contributed by atoms with Crippen molar-refractivity contribution in [1.82, 2.24) is 15.5 Å². The summed E-state index contributed by atoms with van der Waals surface area (Å²) in [5.74, 6) is 1.51. The SMILES string of the molecule is COc1ccc(-c2nnc(N3CCC(C(=O)NCCC4=CCCCC4)CC3)o2)cc1. The van der Waals surface area contributed by atoms with Crippen LogP contribution in [-0.2, 0) is 4.79 Å². The Morgan fingerprint density at radius 2 is 2.00 bits per heavy atom. The molecule has 1 aromatic heterocycles. The van der Waals surface area contributed by atoms with Crippen molar-refractivity contribution in [2.75, 3.05) is 31.6 Å². The van der Waals surface area contributed by atoms with Crippen molar-refractivity contribution in [2.45, 2.75) is 44.9 Å². The molecule has 1 aliphatic carbocycles. The zero-order valence-electron chi connectivity index (χ0n) is 17.6. The fraction of sp³-hybridized carbons (Fsp3) is 0.522. The lowest BCUT2D eigenvalue weighted by Gasteiger charge is -2.29. The average Bonchev–Trinajstić information content (AvgIpc) is 3.30. The minimum absolute atomic E-state index is 0.0607. The third-order valence-corrected chi connectivity index (χ3v) is 6.02. The van der Waals surface area contributed by atoms with Gasteiger partial charge in [-0.3, -0.25) is 4.79 Å². The van der Waals surface area contributed by atoms with Crippen LogP contribution in [0.25, 0.3) is 11.5 Å². The zero-order chi connectivity index (χ0) is 20.8. The molecule has 0 bridgehead atoms. The van der Waals surface area contributed by atoms with Gasteiger partial charge < -0.3 is 19.4 Å². The number of hydrogen-bond donors (Lipinski definition) is 1. The van der Waals surface area contributed by atoms with E-state index >= 15 is 0 Å².